The number of nitrogens with zero attached hydrogens (tertiary/aromatic N) is 1. The number of terminal acetylenes is 1. The monoisotopic (exact) mass is 167 g/mol. The fraction of sp³-hybridized carbons (Fsp3) is 0.667. The molecule has 0 aliphatic heterocycles. The molecule has 3 heteroatoms. The number of hydrogen-bond acceptors (Lipinski definition) is 1. The molecule has 0 heterocycles. The topological polar surface area (TPSA) is 50.4 Å². The first-order valence-corrected chi connectivity index (χ1v) is 4.09. The predicted molar refractivity (Wildman–Crippen MR) is 52.8 cm³/mol. The first-order valence-electron chi connectivity index (χ1n) is 4.09. The highest BCUT2D eigenvalue weighted by Crippen LogP contribution is 1.93. The second kappa shape index (κ2) is 5.48. The predicted octanol–water partition coefficient (Wildman–Crippen LogP) is 0.711. The van der Waals surface area contributed by atoms with Gasteiger partial charge in [-0.15, -0.1) is 12.3 Å². The van der Waals surface area contributed by atoms with E-state index in [4.69, 9.17) is 12.2 Å². The van der Waals surface area contributed by atoms with Gasteiger partial charge in [0.05, 0.1) is 6.04 Å². The van der Waals surface area contributed by atoms with E-state index in [1.807, 2.05) is 20.8 Å². The second-order valence-electron chi connectivity index (χ2n) is 3.07. The van der Waals surface area contributed by atoms with Gasteiger partial charge in [0.15, 0.2) is 5.96 Å². The Hall–Kier alpha value is -1.17. The molecule has 0 fully saturated rings. The van der Waals surface area contributed by atoms with Crippen molar-refractivity contribution in [2.75, 3.05) is 0 Å². The number of hydrogen-bond donors (Lipinski definition) is 2. The molecule has 0 bridgehead atoms. The summed E-state index contributed by atoms with van der Waals surface area (Å²) >= 11 is 0. The molecule has 0 saturated heterocycles. The van der Waals surface area contributed by atoms with Crippen LogP contribution in [0.25, 0.3) is 0 Å². The quantitative estimate of drug-likeness (QED) is 0.369. The lowest BCUT2D eigenvalue weighted by atomic mass is 10.3. The summed E-state index contributed by atoms with van der Waals surface area (Å²) in [5, 5.41) is 2.99. The van der Waals surface area contributed by atoms with Crippen LogP contribution < -0.4 is 11.1 Å². The zero-order valence-corrected chi connectivity index (χ0v) is 7.96. The van der Waals surface area contributed by atoms with E-state index in [0.717, 1.165) is 0 Å². The van der Waals surface area contributed by atoms with Gasteiger partial charge in [-0.05, 0) is 20.8 Å². The van der Waals surface area contributed by atoms with Crippen LogP contribution >= 0.6 is 0 Å². The normalized spacial score (nSPS) is 14.1. The summed E-state index contributed by atoms with van der Waals surface area (Å²) in [6, 6.07) is 0.410. The SMILES string of the molecule is C#CCC(C)N=C(N)NC(C)C. The van der Waals surface area contributed by atoms with Crippen molar-refractivity contribution >= 4 is 5.96 Å². The molecule has 68 valence electrons. The van der Waals surface area contributed by atoms with Crippen LogP contribution in [0.3, 0.4) is 0 Å². The lowest BCUT2D eigenvalue weighted by molar-refractivity contribution is 0.703. The van der Waals surface area contributed by atoms with Gasteiger partial charge in [-0.3, -0.25) is 0 Å². The molecule has 0 spiro atoms. The summed E-state index contributed by atoms with van der Waals surface area (Å²) in [6.07, 6.45) is 5.75. The molecule has 1 atom stereocenters. The Labute approximate surface area is 74.4 Å². The summed E-state index contributed by atoms with van der Waals surface area (Å²) in [4.78, 5) is 4.15. The van der Waals surface area contributed by atoms with Gasteiger partial charge in [0.1, 0.15) is 0 Å². The van der Waals surface area contributed by atoms with Crippen LogP contribution in [0.4, 0.5) is 0 Å². The number of rotatable bonds is 3. The van der Waals surface area contributed by atoms with Crippen LogP contribution in [0.1, 0.15) is 27.2 Å². The first kappa shape index (κ1) is 10.8. The summed E-state index contributed by atoms with van der Waals surface area (Å²) in [7, 11) is 0. The molecule has 12 heavy (non-hydrogen) atoms. The fourth-order valence-electron chi connectivity index (χ4n) is 0.787. The molecule has 0 aromatic heterocycles. The lowest BCUT2D eigenvalue weighted by Gasteiger charge is -2.10. The van der Waals surface area contributed by atoms with Crippen LogP contribution in [0.2, 0.25) is 0 Å². The third kappa shape index (κ3) is 5.60. The van der Waals surface area contributed by atoms with E-state index in [0.29, 0.717) is 18.4 Å². The highest BCUT2D eigenvalue weighted by Gasteiger charge is 1.99. The Balaban J connectivity index is 3.90. The third-order valence-corrected chi connectivity index (χ3v) is 1.21. The van der Waals surface area contributed by atoms with Crippen molar-refractivity contribution in [2.24, 2.45) is 10.7 Å². The van der Waals surface area contributed by atoms with Gasteiger partial charge in [-0.1, -0.05) is 0 Å². The van der Waals surface area contributed by atoms with Crippen molar-refractivity contribution in [3.8, 4) is 12.3 Å². The highest BCUT2D eigenvalue weighted by atomic mass is 15.1. The molecule has 0 amide bonds. The van der Waals surface area contributed by atoms with Gasteiger partial charge in [0.25, 0.3) is 0 Å². The number of aliphatic imine (C=N–C) groups is 1. The molecule has 0 aliphatic rings. The molecular weight excluding hydrogens is 150 g/mol. The minimum atomic E-state index is 0.0984. The summed E-state index contributed by atoms with van der Waals surface area (Å²) < 4.78 is 0. The van der Waals surface area contributed by atoms with Crippen LogP contribution in [-0.2, 0) is 0 Å². The fourth-order valence-corrected chi connectivity index (χ4v) is 0.787. The number of nitrogens with two attached hydrogens (primary N) is 1. The summed E-state index contributed by atoms with van der Waals surface area (Å²) in [5.74, 6) is 3.00. The minimum Gasteiger partial charge on any atom is -0.370 e. The van der Waals surface area contributed by atoms with Gasteiger partial charge in [-0.25, -0.2) is 4.99 Å². The van der Waals surface area contributed by atoms with Gasteiger partial charge in [0.2, 0.25) is 0 Å². The Morgan fingerprint density at radius 1 is 1.58 bits per heavy atom. The summed E-state index contributed by atoms with van der Waals surface area (Å²) in [6.45, 7) is 5.96. The van der Waals surface area contributed by atoms with Crippen molar-refractivity contribution in [2.45, 2.75) is 39.3 Å². The van der Waals surface area contributed by atoms with E-state index < -0.39 is 0 Å². The Morgan fingerprint density at radius 2 is 2.17 bits per heavy atom. The van der Waals surface area contributed by atoms with Crippen LogP contribution in [0.5, 0.6) is 0 Å². The minimum absolute atomic E-state index is 0.0984. The van der Waals surface area contributed by atoms with Crippen molar-refractivity contribution in [3.05, 3.63) is 0 Å². The molecule has 0 aromatic rings. The molecule has 3 nitrogen and oxygen atoms in total. The Morgan fingerprint density at radius 3 is 2.58 bits per heavy atom. The van der Waals surface area contributed by atoms with E-state index in [9.17, 15) is 0 Å². The maximum absolute atomic E-state index is 5.58. The third-order valence-electron chi connectivity index (χ3n) is 1.21. The van der Waals surface area contributed by atoms with Gasteiger partial charge < -0.3 is 11.1 Å². The highest BCUT2D eigenvalue weighted by molar-refractivity contribution is 5.78. The maximum Gasteiger partial charge on any atom is 0.189 e. The van der Waals surface area contributed by atoms with Crippen molar-refractivity contribution in [1.29, 1.82) is 0 Å². The summed E-state index contributed by atoms with van der Waals surface area (Å²) in [5.41, 5.74) is 5.58. The zero-order valence-electron chi connectivity index (χ0n) is 7.96. The van der Waals surface area contributed by atoms with Gasteiger partial charge in [-0.2, -0.15) is 0 Å². The largest absolute Gasteiger partial charge is 0.370 e. The maximum atomic E-state index is 5.58. The molecule has 0 aromatic carbocycles. The van der Waals surface area contributed by atoms with E-state index in [1.54, 1.807) is 0 Å². The first-order chi connectivity index (χ1) is 5.56. The van der Waals surface area contributed by atoms with Gasteiger partial charge >= 0.3 is 0 Å². The Bertz CT molecular complexity index is 188. The van der Waals surface area contributed by atoms with Crippen molar-refractivity contribution in [1.82, 2.24) is 5.32 Å². The smallest absolute Gasteiger partial charge is 0.189 e. The van der Waals surface area contributed by atoms with Crippen LogP contribution in [-0.4, -0.2) is 18.0 Å². The second-order valence-corrected chi connectivity index (χ2v) is 3.07. The van der Waals surface area contributed by atoms with Gasteiger partial charge in [0, 0.05) is 12.5 Å². The van der Waals surface area contributed by atoms with Crippen molar-refractivity contribution in [3.63, 3.8) is 0 Å². The average Bonchev–Trinajstić information content (AvgIpc) is 1.84. The molecule has 0 aliphatic carbocycles. The van der Waals surface area contributed by atoms with E-state index in [1.165, 1.54) is 0 Å². The average molecular weight is 167 g/mol. The van der Waals surface area contributed by atoms with E-state index in [-0.39, 0.29) is 6.04 Å². The molecule has 3 N–H and O–H groups in total. The molecule has 0 radical (unpaired) electrons. The van der Waals surface area contributed by atoms with E-state index >= 15 is 0 Å². The number of nitrogens with one attached hydrogen (secondary N) is 1. The zero-order chi connectivity index (χ0) is 9.56. The number of guanidine groups is 1. The van der Waals surface area contributed by atoms with E-state index in [2.05, 4.69) is 16.2 Å². The molecular formula is C9H17N3. The lowest BCUT2D eigenvalue weighted by Crippen LogP contribution is -2.37. The Kier molecular flexibility index (Phi) is 4.94. The molecule has 0 saturated carbocycles. The van der Waals surface area contributed by atoms with Crippen LogP contribution in [0, 0.1) is 12.3 Å². The molecule has 0 rings (SSSR count). The van der Waals surface area contributed by atoms with Crippen molar-refractivity contribution < 1.29 is 0 Å². The molecule has 1 unspecified atom stereocenters. The standard InChI is InChI=1S/C9H17N3/c1-5-6-8(4)12-9(10)11-7(2)3/h1,7-8H,6H2,2-4H3,(H3,10,11,12). The van der Waals surface area contributed by atoms with Crippen LogP contribution in [0.15, 0.2) is 4.99 Å².